The number of hydrogen-bond acceptors (Lipinski definition) is 5. The van der Waals surface area contributed by atoms with Gasteiger partial charge in [0.2, 0.25) is 11.8 Å². The van der Waals surface area contributed by atoms with Gasteiger partial charge in [0.15, 0.2) is 11.1 Å². The van der Waals surface area contributed by atoms with Crippen LogP contribution in [0, 0.1) is 12.3 Å². The number of nitrogens with zero attached hydrogens (tertiary/aromatic N) is 3. The first kappa shape index (κ1) is 10.5. The lowest BCUT2D eigenvalue weighted by Gasteiger charge is -1.94. The molecule has 14 heavy (non-hydrogen) atoms. The quantitative estimate of drug-likeness (QED) is 0.463. The smallest absolute Gasteiger partial charge is 0.226 e. The number of aromatic nitrogens is 2. The predicted octanol–water partition coefficient (Wildman–Crippen LogP) is -0.181. The molecule has 0 aliphatic carbocycles. The number of guanidine groups is 1. The van der Waals surface area contributed by atoms with Gasteiger partial charge in [-0.15, -0.1) is 10.2 Å². The summed E-state index contributed by atoms with van der Waals surface area (Å²) in [6, 6.07) is 0. The van der Waals surface area contributed by atoms with Gasteiger partial charge in [0.1, 0.15) is 0 Å². The molecule has 7 nitrogen and oxygen atoms in total. The highest BCUT2D eigenvalue weighted by Gasteiger charge is 2.04. The molecule has 0 bridgehead atoms. The Hall–Kier alpha value is -1.57. The van der Waals surface area contributed by atoms with Gasteiger partial charge in [0, 0.05) is 6.92 Å². The molecule has 1 aromatic heterocycles. The van der Waals surface area contributed by atoms with Gasteiger partial charge in [-0.2, -0.15) is 4.99 Å². The number of aryl methyl sites for hydroxylation is 1. The van der Waals surface area contributed by atoms with Crippen LogP contribution in [0.1, 0.15) is 11.8 Å². The van der Waals surface area contributed by atoms with Crippen LogP contribution in [0.2, 0.25) is 0 Å². The monoisotopic (exact) mass is 214 g/mol. The van der Waals surface area contributed by atoms with Gasteiger partial charge in [0.25, 0.3) is 0 Å². The van der Waals surface area contributed by atoms with Crippen LogP contribution in [-0.4, -0.2) is 21.3 Å². The van der Waals surface area contributed by atoms with Crippen LogP contribution in [0.5, 0.6) is 0 Å². The minimum Gasteiger partial charge on any atom is -0.425 e. The van der Waals surface area contributed by atoms with E-state index in [9.17, 15) is 0 Å². The molecule has 0 atom stereocenters. The Morgan fingerprint density at radius 3 is 2.79 bits per heavy atom. The van der Waals surface area contributed by atoms with Gasteiger partial charge in [0.05, 0.1) is 5.75 Å². The van der Waals surface area contributed by atoms with E-state index in [1.807, 2.05) is 0 Å². The molecule has 1 rings (SSSR count). The van der Waals surface area contributed by atoms with E-state index in [-0.39, 0.29) is 11.1 Å². The van der Waals surface area contributed by atoms with Crippen LogP contribution >= 0.6 is 11.8 Å². The Kier molecular flexibility index (Phi) is 3.46. The maximum atomic E-state index is 7.30. The largest absolute Gasteiger partial charge is 0.425 e. The van der Waals surface area contributed by atoms with Crippen LogP contribution in [0.15, 0.2) is 9.41 Å². The van der Waals surface area contributed by atoms with E-state index in [4.69, 9.17) is 21.3 Å². The molecule has 1 aromatic rings. The molecule has 8 heteroatoms. The number of hydrogen-bond donors (Lipinski definition) is 3. The molecule has 0 amide bonds. The van der Waals surface area contributed by atoms with Crippen LogP contribution in [0.3, 0.4) is 0 Å². The first-order valence-electron chi connectivity index (χ1n) is 3.68. The summed E-state index contributed by atoms with van der Waals surface area (Å²) in [5.41, 5.74) is 10.2. The first-order valence-corrected chi connectivity index (χ1v) is 4.66. The van der Waals surface area contributed by atoms with E-state index in [2.05, 4.69) is 15.2 Å². The van der Waals surface area contributed by atoms with Crippen molar-refractivity contribution in [3.8, 4) is 0 Å². The zero-order valence-corrected chi connectivity index (χ0v) is 8.34. The van der Waals surface area contributed by atoms with E-state index >= 15 is 0 Å². The predicted molar refractivity (Wildman–Crippen MR) is 53.9 cm³/mol. The molecule has 0 radical (unpaired) electrons. The van der Waals surface area contributed by atoms with Crippen molar-refractivity contribution < 1.29 is 4.42 Å². The van der Waals surface area contributed by atoms with Crippen molar-refractivity contribution in [2.24, 2.45) is 16.5 Å². The van der Waals surface area contributed by atoms with E-state index in [1.165, 1.54) is 0 Å². The molecule has 1 heterocycles. The number of rotatable bonds is 2. The molecule has 0 unspecified atom stereocenters. The minimum atomic E-state index is -0.135. The number of thioether (sulfide) groups is 1. The molecular formula is C6H10N6OS. The van der Waals surface area contributed by atoms with Crippen LogP contribution in [-0.2, 0) is 5.75 Å². The van der Waals surface area contributed by atoms with E-state index in [0.29, 0.717) is 17.5 Å². The van der Waals surface area contributed by atoms with Crippen molar-refractivity contribution in [1.82, 2.24) is 10.2 Å². The summed E-state index contributed by atoms with van der Waals surface area (Å²) >= 11 is 1.11. The fourth-order valence-electron chi connectivity index (χ4n) is 0.675. The lowest BCUT2D eigenvalue weighted by atomic mass is 10.8. The van der Waals surface area contributed by atoms with E-state index in [0.717, 1.165) is 11.8 Å². The average molecular weight is 214 g/mol. The topological polar surface area (TPSA) is 127 Å². The van der Waals surface area contributed by atoms with Crippen LogP contribution < -0.4 is 11.5 Å². The molecule has 5 N–H and O–H groups in total. The summed E-state index contributed by atoms with van der Waals surface area (Å²) in [5.74, 6) is 1.19. The first-order chi connectivity index (χ1) is 6.58. The normalized spacial score (nSPS) is 9.79. The van der Waals surface area contributed by atoms with Gasteiger partial charge >= 0.3 is 0 Å². The lowest BCUT2D eigenvalue weighted by Crippen LogP contribution is -2.23. The minimum absolute atomic E-state index is 0.0147. The van der Waals surface area contributed by atoms with Crippen molar-refractivity contribution in [3.63, 3.8) is 0 Å². The maximum Gasteiger partial charge on any atom is 0.226 e. The Labute approximate surface area is 84.5 Å². The summed E-state index contributed by atoms with van der Waals surface area (Å²) in [5, 5.41) is 14.7. The molecule has 0 fully saturated rings. The highest BCUT2D eigenvalue weighted by molar-refractivity contribution is 8.13. The summed E-state index contributed by atoms with van der Waals surface area (Å²) in [4.78, 5) is 3.53. The highest BCUT2D eigenvalue weighted by Crippen LogP contribution is 2.12. The Bertz CT molecular complexity index is 355. The van der Waals surface area contributed by atoms with Crippen molar-refractivity contribution in [2.75, 3.05) is 0 Å². The average Bonchev–Trinajstić information content (AvgIpc) is 2.47. The molecule has 0 saturated heterocycles. The van der Waals surface area contributed by atoms with Gasteiger partial charge in [-0.05, 0) is 0 Å². The van der Waals surface area contributed by atoms with Gasteiger partial charge in [-0.1, -0.05) is 11.8 Å². The number of amidine groups is 1. The Morgan fingerprint density at radius 2 is 2.29 bits per heavy atom. The number of aliphatic imine (C=N–C) groups is 1. The van der Waals surface area contributed by atoms with E-state index < -0.39 is 0 Å². The highest BCUT2D eigenvalue weighted by atomic mass is 32.2. The zero-order valence-electron chi connectivity index (χ0n) is 7.52. The Balaban J connectivity index is 2.41. The molecule has 0 spiro atoms. The molecule has 0 aliphatic rings. The van der Waals surface area contributed by atoms with Crippen LogP contribution in [0.4, 0.5) is 0 Å². The third kappa shape index (κ3) is 3.44. The van der Waals surface area contributed by atoms with Crippen molar-refractivity contribution >= 4 is 22.9 Å². The molecule has 76 valence electrons. The summed E-state index contributed by atoms with van der Waals surface area (Å²) in [6.07, 6.45) is 0. The summed E-state index contributed by atoms with van der Waals surface area (Å²) in [6.45, 7) is 1.70. The van der Waals surface area contributed by atoms with Crippen LogP contribution in [0.25, 0.3) is 0 Å². The fourth-order valence-corrected chi connectivity index (χ4v) is 1.22. The van der Waals surface area contributed by atoms with Crippen molar-refractivity contribution in [1.29, 1.82) is 5.41 Å². The third-order valence-corrected chi connectivity index (χ3v) is 1.89. The van der Waals surface area contributed by atoms with Gasteiger partial charge in [-0.3, -0.25) is 5.41 Å². The maximum absolute atomic E-state index is 7.30. The second kappa shape index (κ2) is 4.61. The van der Waals surface area contributed by atoms with Gasteiger partial charge in [-0.25, -0.2) is 0 Å². The molecule has 0 aliphatic heterocycles. The second-order valence-corrected chi connectivity index (χ2v) is 3.31. The van der Waals surface area contributed by atoms with Crippen molar-refractivity contribution in [2.45, 2.75) is 12.7 Å². The lowest BCUT2D eigenvalue weighted by molar-refractivity contribution is 0.485. The molecule has 0 saturated carbocycles. The SMILES string of the molecule is Cc1nnc(CSC(=N)N=C(N)N)o1. The molecular weight excluding hydrogens is 204 g/mol. The molecule has 0 aromatic carbocycles. The van der Waals surface area contributed by atoms with Crippen molar-refractivity contribution in [3.05, 3.63) is 11.8 Å². The number of nitrogens with one attached hydrogen (secondary N) is 1. The number of nitrogens with two attached hydrogens (primary N) is 2. The standard InChI is InChI=1S/C6H10N6OS/c1-3-11-12-4(13-3)2-14-6(9)10-5(7)8/h2H2,1H3,(H5,7,8,9,10). The third-order valence-electron chi connectivity index (χ3n) is 1.13. The summed E-state index contributed by atoms with van der Waals surface area (Å²) < 4.78 is 5.09. The second-order valence-electron chi connectivity index (χ2n) is 2.35. The Morgan fingerprint density at radius 1 is 1.57 bits per heavy atom. The van der Waals surface area contributed by atoms with E-state index in [1.54, 1.807) is 6.92 Å². The van der Waals surface area contributed by atoms with Gasteiger partial charge < -0.3 is 15.9 Å². The fraction of sp³-hybridized carbons (Fsp3) is 0.333. The zero-order chi connectivity index (χ0) is 10.6. The summed E-state index contributed by atoms with van der Waals surface area (Å²) in [7, 11) is 0.